The Bertz CT molecular complexity index is 881. The van der Waals surface area contributed by atoms with Crippen molar-refractivity contribution < 1.29 is 23.4 Å². The van der Waals surface area contributed by atoms with E-state index in [2.05, 4.69) is 15.4 Å². The molecule has 10 heteroatoms. The third-order valence-electron chi connectivity index (χ3n) is 5.12. The van der Waals surface area contributed by atoms with Gasteiger partial charge in [0.25, 0.3) is 0 Å². The van der Waals surface area contributed by atoms with Gasteiger partial charge in [0.1, 0.15) is 35.5 Å². The summed E-state index contributed by atoms with van der Waals surface area (Å²) in [6.07, 6.45) is 3.62. The van der Waals surface area contributed by atoms with Crippen LogP contribution in [0.3, 0.4) is 0 Å². The van der Waals surface area contributed by atoms with Crippen LogP contribution in [0.25, 0.3) is 0 Å². The number of carbonyl (C=O) groups is 1. The topological polar surface area (TPSA) is 92.5 Å². The summed E-state index contributed by atoms with van der Waals surface area (Å²) in [5.41, 5.74) is -2.21. The Hall–Kier alpha value is -2.59. The van der Waals surface area contributed by atoms with Crippen LogP contribution in [0, 0.1) is 11.6 Å². The molecule has 3 rings (SSSR count). The van der Waals surface area contributed by atoms with Crippen LogP contribution >= 0.6 is 0 Å². The molecule has 1 aliphatic rings. The number of rotatable bonds is 6. The van der Waals surface area contributed by atoms with Gasteiger partial charge in [0.15, 0.2) is 0 Å². The lowest BCUT2D eigenvalue weighted by Gasteiger charge is -2.38. The predicted octanol–water partition coefficient (Wildman–Crippen LogP) is 3.46. The van der Waals surface area contributed by atoms with Crippen molar-refractivity contribution in [1.29, 1.82) is 0 Å². The number of aromatic nitrogens is 3. The number of nitrogens with zero attached hydrogens (tertiary/aromatic N) is 4. The quantitative estimate of drug-likeness (QED) is 0.676. The summed E-state index contributed by atoms with van der Waals surface area (Å²) in [6.45, 7) is 10.7. The Kier molecular flexibility index (Phi) is 9.30. The molecule has 0 radical (unpaired) electrons. The van der Waals surface area contributed by atoms with Gasteiger partial charge >= 0.3 is 6.09 Å². The zero-order valence-electron chi connectivity index (χ0n) is 20.0. The maximum absolute atomic E-state index is 14.5. The number of likely N-dealkylation sites (tertiary alicyclic amines) is 1. The van der Waals surface area contributed by atoms with Gasteiger partial charge in [-0.2, -0.15) is 5.10 Å². The summed E-state index contributed by atoms with van der Waals surface area (Å²) in [5.74, 6) is -1.53. The number of hydrogen-bond acceptors (Lipinski definition) is 6. The molecular weight excluding hydrogens is 432 g/mol. The Morgan fingerprint density at radius 2 is 1.88 bits per heavy atom. The third-order valence-corrected chi connectivity index (χ3v) is 5.12. The Morgan fingerprint density at radius 1 is 1.21 bits per heavy atom. The molecule has 184 valence electrons. The molecule has 2 N–H and O–H groups in total. The first-order valence-corrected chi connectivity index (χ1v) is 11.3. The average Bonchev–Trinajstić information content (AvgIpc) is 3.22. The van der Waals surface area contributed by atoms with Crippen LogP contribution in [0.1, 0.15) is 53.0 Å². The second-order valence-corrected chi connectivity index (χ2v) is 8.95. The predicted molar refractivity (Wildman–Crippen MR) is 120 cm³/mol. The Balaban J connectivity index is 0.00000187. The molecule has 0 saturated carbocycles. The number of piperidine rings is 1. The van der Waals surface area contributed by atoms with Gasteiger partial charge in [-0.3, -0.25) is 4.90 Å². The summed E-state index contributed by atoms with van der Waals surface area (Å²) in [5, 5.41) is 18.3. The van der Waals surface area contributed by atoms with Gasteiger partial charge in [-0.1, -0.05) is 19.9 Å². The van der Waals surface area contributed by atoms with Gasteiger partial charge in [0.05, 0.1) is 6.54 Å². The molecular formula is C23H35F2N5O3. The second-order valence-electron chi connectivity index (χ2n) is 8.95. The number of β-amino-alcohol motifs (C(OH)–C–C–N with tert-alkyl or cyclic N) is 1. The fraction of sp³-hybridized carbons (Fsp3) is 0.609. The van der Waals surface area contributed by atoms with Crippen molar-refractivity contribution in [3.8, 4) is 0 Å². The molecule has 1 aliphatic heterocycles. The molecule has 0 aliphatic carbocycles. The molecule has 0 bridgehead atoms. The smallest absolute Gasteiger partial charge is 0.407 e. The van der Waals surface area contributed by atoms with Crippen LogP contribution in [-0.4, -0.2) is 62.1 Å². The van der Waals surface area contributed by atoms with Gasteiger partial charge in [0, 0.05) is 37.3 Å². The number of nitrogens with one attached hydrogen (secondary N) is 1. The van der Waals surface area contributed by atoms with Crippen molar-refractivity contribution in [3.05, 3.63) is 48.1 Å². The number of ether oxygens (including phenoxy) is 1. The van der Waals surface area contributed by atoms with Gasteiger partial charge < -0.3 is 15.2 Å². The van der Waals surface area contributed by atoms with Crippen LogP contribution in [0.4, 0.5) is 13.6 Å². The molecule has 1 saturated heterocycles. The minimum atomic E-state index is -1.64. The Labute approximate surface area is 193 Å². The summed E-state index contributed by atoms with van der Waals surface area (Å²) >= 11 is 0. The first-order valence-electron chi connectivity index (χ1n) is 11.3. The molecule has 33 heavy (non-hydrogen) atoms. The van der Waals surface area contributed by atoms with Crippen molar-refractivity contribution in [2.24, 2.45) is 0 Å². The number of halogens is 2. The number of amides is 1. The van der Waals surface area contributed by atoms with E-state index in [1.54, 1.807) is 20.8 Å². The fourth-order valence-electron chi connectivity index (χ4n) is 3.75. The number of aliphatic hydroxyl groups is 1. The highest BCUT2D eigenvalue weighted by molar-refractivity contribution is 5.68. The normalized spacial score (nSPS) is 17.0. The molecule has 0 spiro atoms. The minimum absolute atomic E-state index is 0.00148. The summed E-state index contributed by atoms with van der Waals surface area (Å²) in [6, 6.07) is 3.11. The van der Waals surface area contributed by atoms with E-state index in [1.165, 1.54) is 23.4 Å². The summed E-state index contributed by atoms with van der Waals surface area (Å²) in [4.78, 5) is 17.9. The van der Waals surface area contributed by atoms with Crippen LogP contribution in [0.15, 0.2) is 30.9 Å². The van der Waals surface area contributed by atoms with E-state index in [-0.39, 0.29) is 24.7 Å². The highest BCUT2D eigenvalue weighted by Crippen LogP contribution is 2.29. The maximum atomic E-state index is 14.5. The highest BCUT2D eigenvalue weighted by Gasteiger charge is 2.37. The van der Waals surface area contributed by atoms with E-state index in [0.717, 1.165) is 12.1 Å². The van der Waals surface area contributed by atoms with Crippen molar-refractivity contribution in [2.45, 2.75) is 71.2 Å². The first-order chi connectivity index (χ1) is 15.5. The lowest BCUT2D eigenvalue weighted by molar-refractivity contribution is -0.0276. The largest absolute Gasteiger partial charge is 0.444 e. The molecule has 1 atom stereocenters. The van der Waals surface area contributed by atoms with Crippen LogP contribution in [-0.2, 0) is 16.9 Å². The average molecular weight is 468 g/mol. The molecule has 2 aromatic rings. The minimum Gasteiger partial charge on any atom is -0.444 e. The third kappa shape index (κ3) is 8.04. The van der Waals surface area contributed by atoms with Crippen molar-refractivity contribution in [3.63, 3.8) is 0 Å². The number of alkyl carbamates (subject to hydrolysis) is 1. The van der Waals surface area contributed by atoms with E-state index in [0.29, 0.717) is 25.9 Å². The lowest BCUT2D eigenvalue weighted by atomic mass is 9.91. The van der Waals surface area contributed by atoms with E-state index in [4.69, 9.17) is 4.74 Å². The van der Waals surface area contributed by atoms with Crippen molar-refractivity contribution >= 4 is 6.09 Å². The zero-order chi connectivity index (χ0) is 24.6. The highest BCUT2D eigenvalue weighted by atomic mass is 19.1. The number of carbonyl (C=O) groups excluding carboxylic acids is 1. The Morgan fingerprint density at radius 3 is 2.42 bits per heavy atom. The van der Waals surface area contributed by atoms with E-state index < -0.39 is 28.9 Å². The number of benzene rings is 1. The molecule has 1 aromatic carbocycles. The summed E-state index contributed by atoms with van der Waals surface area (Å²) in [7, 11) is 0. The van der Waals surface area contributed by atoms with Crippen molar-refractivity contribution in [1.82, 2.24) is 25.0 Å². The van der Waals surface area contributed by atoms with E-state index >= 15 is 0 Å². The molecule has 1 aromatic heterocycles. The molecule has 1 amide bonds. The SMILES string of the molecule is CC.CC(C)(C)OC(=O)NC1CCN(CC(O)(Cn2cncn2)c2ccc(F)cc2F)CC1. The van der Waals surface area contributed by atoms with E-state index in [1.807, 2.05) is 18.7 Å². The second kappa shape index (κ2) is 11.5. The summed E-state index contributed by atoms with van der Waals surface area (Å²) < 4.78 is 34.7. The molecule has 1 fully saturated rings. The number of hydrogen-bond donors (Lipinski definition) is 2. The first kappa shape index (κ1) is 26.7. The fourth-order valence-corrected chi connectivity index (χ4v) is 3.75. The van der Waals surface area contributed by atoms with Crippen molar-refractivity contribution in [2.75, 3.05) is 19.6 Å². The molecule has 2 heterocycles. The van der Waals surface area contributed by atoms with E-state index in [9.17, 15) is 18.7 Å². The maximum Gasteiger partial charge on any atom is 0.407 e. The van der Waals surface area contributed by atoms with Gasteiger partial charge in [-0.15, -0.1) is 0 Å². The van der Waals surface area contributed by atoms with Gasteiger partial charge in [-0.05, 0) is 39.7 Å². The standard InChI is InChI=1S/C21H29F2N5O3.C2H6/c1-20(2,3)31-19(29)26-16-6-8-27(9-7-16)11-21(30,12-28-14-24-13-25-28)17-5-4-15(22)10-18(17)23;1-2/h4-5,10,13-14,16,30H,6-9,11-12H2,1-3H3,(H,26,29);1-2H3. The molecule has 8 nitrogen and oxygen atoms in total. The van der Waals surface area contributed by atoms with Gasteiger partial charge in [-0.25, -0.2) is 23.2 Å². The van der Waals surface area contributed by atoms with Crippen LogP contribution in [0.5, 0.6) is 0 Å². The van der Waals surface area contributed by atoms with Crippen LogP contribution < -0.4 is 5.32 Å². The zero-order valence-corrected chi connectivity index (χ0v) is 20.0. The molecule has 1 unspecified atom stereocenters. The van der Waals surface area contributed by atoms with Gasteiger partial charge in [0.2, 0.25) is 0 Å². The van der Waals surface area contributed by atoms with Crippen LogP contribution in [0.2, 0.25) is 0 Å². The lowest BCUT2D eigenvalue weighted by Crippen LogP contribution is -2.50. The monoisotopic (exact) mass is 467 g/mol.